The van der Waals surface area contributed by atoms with Gasteiger partial charge in [0.25, 0.3) is 0 Å². The van der Waals surface area contributed by atoms with E-state index in [0.29, 0.717) is 23.4 Å². The van der Waals surface area contributed by atoms with Gasteiger partial charge in [0.15, 0.2) is 0 Å². The Morgan fingerprint density at radius 3 is 2.53 bits per heavy atom. The van der Waals surface area contributed by atoms with Gasteiger partial charge in [-0.3, -0.25) is 0 Å². The van der Waals surface area contributed by atoms with E-state index in [9.17, 15) is 4.79 Å². The summed E-state index contributed by atoms with van der Waals surface area (Å²) in [6, 6.07) is 0. The lowest BCUT2D eigenvalue weighted by molar-refractivity contribution is -0.148. The topological polar surface area (TPSA) is 64.3 Å². The van der Waals surface area contributed by atoms with Crippen molar-refractivity contribution in [3.63, 3.8) is 0 Å². The van der Waals surface area contributed by atoms with Gasteiger partial charge < -0.3 is 15.8 Å². The summed E-state index contributed by atoms with van der Waals surface area (Å²) in [5.74, 6) is 4.07. The van der Waals surface area contributed by atoms with E-state index in [-0.39, 0.29) is 11.6 Å². The van der Waals surface area contributed by atoms with Gasteiger partial charge in [0.05, 0.1) is 6.61 Å². The van der Waals surface area contributed by atoms with Crippen molar-refractivity contribution < 1.29 is 9.53 Å². The smallest absolute Gasteiger partial charge is 0.407 e. The van der Waals surface area contributed by atoms with Crippen LogP contribution in [0.25, 0.3) is 0 Å². The first kappa shape index (κ1) is 26.3. The fraction of sp³-hybridized carbons (Fsp3) is 0.967. The zero-order valence-electron chi connectivity index (χ0n) is 22.8. The second kappa shape index (κ2) is 10.7. The number of unbranched alkanes of at least 4 members (excludes halogenated alkanes) is 2. The van der Waals surface area contributed by atoms with Gasteiger partial charge in [-0.1, -0.05) is 59.8 Å². The molecule has 0 aliphatic heterocycles. The molecular weight excluding hydrogens is 420 g/mol. The van der Waals surface area contributed by atoms with Gasteiger partial charge in [-0.2, -0.15) is 0 Å². The predicted molar refractivity (Wildman–Crippen MR) is 141 cm³/mol. The molecule has 3 N–H and O–H groups in total. The highest BCUT2D eigenvalue weighted by Gasteiger charge is 2.65. The summed E-state index contributed by atoms with van der Waals surface area (Å²) >= 11 is 0. The molecule has 0 heterocycles. The number of rotatable bonds is 9. The number of nitrogens with one attached hydrogen (secondary N) is 1. The van der Waals surface area contributed by atoms with Crippen molar-refractivity contribution >= 4 is 6.09 Å². The fourth-order valence-electron chi connectivity index (χ4n) is 9.80. The van der Waals surface area contributed by atoms with Crippen LogP contribution in [0.3, 0.4) is 0 Å². The number of alkyl carbamates (subject to hydrolysis) is 1. The summed E-state index contributed by atoms with van der Waals surface area (Å²) < 4.78 is 5.49. The first-order valence-electron chi connectivity index (χ1n) is 15.0. The lowest BCUT2D eigenvalue weighted by Crippen LogP contribution is -2.69. The molecule has 0 aromatic carbocycles. The Hall–Kier alpha value is -0.770. The minimum atomic E-state index is -0.231. The molecule has 4 saturated carbocycles. The summed E-state index contributed by atoms with van der Waals surface area (Å²) in [6.45, 7) is 11.1. The second-order valence-electron chi connectivity index (χ2n) is 13.1. The third kappa shape index (κ3) is 4.55. The van der Waals surface area contributed by atoms with Crippen molar-refractivity contribution in [2.75, 3.05) is 13.2 Å². The lowest BCUT2D eigenvalue weighted by atomic mass is 9.40. The molecule has 0 aromatic rings. The average molecular weight is 475 g/mol. The normalized spacial score (nSPS) is 43.5. The van der Waals surface area contributed by atoms with E-state index in [1.165, 1.54) is 77.0 Å². The van der Waals surface area contributed by atoms with Crippen molar-refractivity contribution in [1.82, 2.24) is 5.32 Å². The molecule has 6 unspecified atom stereocenters. The molecule has 1 amide bonds. The molecule has 34 heavy (non-hydrogen) atoms. The van der Waals surface area contributed by atoms with Gasteiger partial charge in [-0.25, -0.2) is 4.79 Å². The molecule has 4 aliphatic rings. The van der Waals surface area contributed by atoms with Gasteiger partial charge in [0.2, 0.25) is 0 Å². The van der Waals surface area contributed by atoms with Crippen molar-refractivity contribution in [3.8, 4) is 0 Å². The van der Waals surface area contributed by atoms with Gasteiger partial charge in [-0.15, -0.1) is 0 Å². The highest BCUT2D eigenvalue weighted by molar-refractivity contribution is 5.66. The summed E-state index contributed by atoms with van der Waals surface area (Å²) in [5.41, 5.74) is 8.25. The maximum atomic E-state index is 11.9. The highest BCUT2D eigenvalue weighted by atomic mass is 16.5. The van der Waals surface area contributed by atoms with Gasteiger partial charge in [-0.05, 0) is 105 Å². The second-order valence-corrected chi connectivity index (χ2v) is 13.1. The van der Waals surface area contributed by atoms with Crippen LogP contribution in [-0.2, 0) is 4.74 Å². The summed E-state index contributed by atoms with van der Waals surface area (Å²) in [7, 11) is 0. The van der Waals surface area contributed by atoms with Gasteiger partial charge in [0.1, 0.15) is 0 Å². The quantitative estimate of drug-likeness (QED) is 0.341. The standard InChI is InChI=1S/C30H54N2O2/c1-5-7-10-19-32-27(33)34-20-11-12-23-13-14-25-24-21-22(6-2)30(31)17-9-8-16-29(30,4)26(24)15-18-28(23,25)3/h22-26H,5-21,31H2,1-4H3,(H,32,33)/t22-,23?,24?,25?,26-,28?,29?,30?/m0/s1. The Labute approximate surface area is 209 Å². The van der Waals surface area contributed by atoms with E-state index in [2.05, 4.69) is 33.0 Å². The van der Waals surface area contributed by atoms with Crippen molar-refractivity contribution in [2.24, 2.45) is 46.2 Å². The number of nitrogens with two attached hydrogens (primary N) is 1. The Morgan fingerprint density at radius 1 is 0.971 bits per heavy atom. The molecule has 0 radical (unpaired) electrons. The summed E-state index contributed by atoms with van der Waals surface area (Å²) in [6.07, 6.45) is 18.8. The molecule has 4 fully saturated rings. The van der Waals surface area contributed by atoms with Crippen LogP contribution in [0.4, 0.5) is 4.79 Å². The molecule has 4 aliphatic carbocycles. The molecule has 0 spiro atoms. The van der Waals surface area contributed by atoms with Crippen LogP contribution in [0, 0.1) is 40.4 Å². The molecule has 0 aromatic heterocycles. The number of amides is 1. The molecule has 196 valence electrons. The van der Waals surface area contributed by atoms with Crippen molar-refractivity contribution in [3.05, 3.63) is 0 Å². The lowest BCUT2D eigenvalue weighted by Gasteiger charge is -2.67. The number of fused-ring (bicyclic) bond motifs is 5. The van der Waals surface area contributed by atoms with Crippen LogP contribution in [0.2, 0.25) is 0 Å². The highest BCUT2D eigenvalue weighted by Crippen LogP contribution is 2.69. The maximum absolute atomic E-state index is 11.9. The minimum Gasteiger partial charge on any atom is -0.450 e. The average Bonchev–Trinajstić information content (AvgIpc) is 3.16. The maximum Gasteiger partial charge on any atom is 0.407 e. The van der Waals surface area contributed by atoms with Crippen LogP contribution in [0.5, 0.6) is 0 Å². The largest absolute Gasteiger partial charge is 0.450 e. The third-order valence-electron chi connectivity index (χ3n) is 11.8. The van der Waals surface area contributed by atoms with Crippen LogP contribution in [0.1, 0.15) is 124 Å². The Kier molecular flexibility index (Phi) is 8.27. The molecular formula is C30H54N2O2. The van der Waals surface area contributed by atoms with Crippen LogP contribution >= 0.6 is 0 Å². The number of ether oxygens (including phenoxy) is 1. The van der Waals surface area contributed by atoms with Crippen molar-refractivity contribution in [1.29, 1.82) is 0 Å². The number of carbonyl (C=O) groups excluding carboxylic acids is 1. The molecule has 4 nitrogen and oxygen atoms in total. The molecule has 4 rings (SSSR count). The monoisotopic (exact) mass is 474 g/mol. The Morgan fingerprint density at radius 2 is 1.76 bits per heavy atom. The van der Waals surface area contributed by atoms with E-state index in [1.54, 1.807) is 0 Å². The minimum absolute atomic E-state index is 0.0708. The van der Waals surface area contributed by atoms with Gasteiger partial charge in [0, 0.05) is 12.1 Å². The number of hydrogen-bond donors (Lipinski definition) is 2. The Balaban J connectivity index is 1.34. The first-order chi connectivity index (χ1) is 16.3. The summed E-state index contributed by atoms with van der Waals surface area (Å²) in [4.78, 5) is 11.9. The van der Waals surface area contributed by atoms with E-state index in [1.807, 2.05) is 0 Å². The number of carbonyl (C=O) groups is 1. The van der Waals surface area contributed by atoms with Gasteiger partial charge >= 0.3 is 6.09 Å². The van der Waals surface area contributed by atoms with Crippen molar-refractivity contribution in [2.45, 2.75) is 130 Å². The Bertz CT molecular complexity index is 697. The van der Waals surface area contributed by atoms with Crippen LogP contribution < -0.4 is 11.1 Å². The van der Waals surface area contributed by atoms with Crippen LogP contribution in [0.15, 0.2) is 0 Å². The van der Waals surface area contributed by atoms with E-state index in [4.69, 9.17) is 10.5 Å². The molecule has 8 atom stereocenters. The number of hydrogen-bond acceptors (Lipinski definition) is 3. The first-order valence-corrected chi connectivity index (χ1v) is 15.0. The zero-order chi connectivity index (χ0) is 24.4. The summed E-state index contributed by atoms with van der Waals surface area (Å²) in [5, 5.41) is 2.90. The SMILES string of the molecule is CCCCCNC(=O)OCCCC1CCC2C3C[C@H](CC)C4(N)CCCCC4(C)[C@H]3CCC12C. The fourth-order valence-corrected chi connectivity index (χ4v) is 9.80. The third-order valence-corrected chi connectivity index (χ3v) is 11.8. The van der Waals surface area contributed by atoms with E-state index in [0.717, 1.165) is 49.5 Å². The van der Waals surface area contributed by atoms with E-state index >= 15 is 0 Å². The van der Waals surface area contributed by atoms with E-state index < -0.39 is 0 Å². The predicted octanol–water partition coefficient (Wildman–Crippen LogP) is 7.45. The zero-order valence-corrected chi connectivity index (χ0v) is 22.8. The molecule has 0 bridgehead atoms. The molecule has 4 heteroatoms. The van der Waals surface area contributed by atoms with Crippen LogP contribution in [-0.4, -0.2) is 24.8 Å². The molecule has 0 saturated heterocycles.